The number of carbonyl (C=O) groups excluding carboxylic acids is 2. The Kier molecular flexibility index (Phi) is 8.72. The van der Waals surface area contributed by atoms with Crippen molar-refractivity contribution >= 4 is 23.4 Å². The van der Waals surface area contributed by atoms with Crippen molar-refractivity contribution in [2.45, 2.75) is 26.1 Å². The van der Waals surface area contributed by atoms with E-state index in [1.54, 1.807) is 38.3 Å². The van der Waals surface area contributed by atoms with Crippen LogP contribution in [0, 0.1) is 0 Å². The first-order valence-electron chi connectivity index (χ1n) is 10.6. The van der Waals surface area contributed by atoms with Gasteiger partial charge in [0.25, 0.3) is 5.91 Å². The minimum Gasteiger partial charge on any atom is -0.497 e. The van der Waals surface area contributed by atoms with E-state index in [1.165, 1.54) is 4.90 Å². The molecule has 0 fully saturated rings. The SMILES string of the molecule is COc1ccc(CNC(=O)C(C)N(Cc2ccccc2)C(=O)COc2ccccc2Cl)cc1. The Bertz CT molecular complexity index is 1060. The van der Waals surface area contributed by atoms with E-state index in [-0.39, 0.29) is 25.0 Å². The fourth-order valence-corrected chi connectivity index (χ4v) is 3.42. The molecule has 1 atom stereocenters. The first-order valence-corrected chi connectivity index (χ1v) is 11.0. The fourth-order valence-electron chi connectivity index (χ4n) is 3.23. The number of benzene rings is 3. The van der Waals surface area contributed by atoms with Crippen LogP contribution < -0.4 is 14.8 Å². The van der Waals surface area contributed by atoms with Crippen molar-refractivity contribution in [3.05, 3.63) is 95.0 Å². The number of hydrogen-bond acceptors (Lipinski definition) is 4. The van der Waals surface area contributed by atoms with Crippen molar-refractivity contribution in [2.75, 3.05) is 13.7 Å². The van der Waals surface area contributed by atoms with E-state index in [0.29, 0.717) is 17.3 Å². The summed E-state index contributed by atoms with van der Waals surface area (Å²) in [4.78, 5) is 27.5. The minimum atomic E-state index is -0.703. The van der Waals surface area contributed by atoms with Crippen LogP contribution in [0.2, 0.25) is 5.02 Å². The highest BCUT2D eigenvalue weighted by Crippen LogP contribution is 2.23. The van der Waals surface area contributed by atoms with Gasteiger partial charge >= 0.3 is 0 Å². The molecule has 2 amide bonds. The first-order chi connectivity index (χ1) is 16.0. The highest BCUT2D eigenvalue weighted by molar-refractivity contribution is 6.32. The molecular weight excluding hydrogens is 440 g/mol. The molecule has 172 valence electrons. The van der Waals surface area contributed by atoms with Crippen LogP contribution in [0.25, 0.3) is 0 Å². The molecule has 1 unspecified atom stereocenters. The maximum Gasteiger partial charge on any atom is 0.261 e. The summed E-state index contributed by atoms with van der Waals surface area (Å²) in [7, 11) is 1.60. The number of ether oxygens (including phenoxy) is 2. The van der Waals surface area contributed by atoms with E-state index in [9.17, 15) is 9.59 Å². The van der Waals surface area contributed by atoms with Gasteiger partial charge in [0.15, 0.2) is 6.61 Å². The number of carbonyl (C=O) groups is 2. The molecule has 33 heavy (non-hydrogen) atoms. The Labute approximate surface area is 199 Å². The number of para-hydroxylation sites is 1. The summed E-state index contributed by atoms with van der Waals surface area (Å²) < 4.78 is 10.8. The lowest BCUT2D eigenvalue weighted by Gasteiger charge is -2.29. The molecule has 0 aliphatic carbocycles. The van der Waals surface area contributed by atoms with Gasteiger partial charge in [0.1, 0.15) is 17.5 Å². The number of halogens is 1. The van der Waals surface area contributed by atoms with E-state index < -0.39 is 6.04 Å². The van der Waals surface area contributed by atoms with Crippen molar-refractivity contribution in [1.29, 1.82) is 0 Å². The summed E-state index contributed by atoms with van der Waals surface area (Å²) in [5.41, 5.74) is 1.85. The van der Waals surface area contributed by atoms with Gasteiger partial charge in [0.2, 0.25) is 5.91 Å². The van der Waals surface area contributed by atoms with E-state index >= 15 is 0 Å². The standard InChI is InChI=1S/C26H27ClN2O4/c1-19(26(31)28-16-20-12-14-22(32-2)15-13-20)29(17-21-8-4-3-5-9-21)25(30)18-33-24-11-7-6-10-23(24)27/h3-15,19H,16-18H2,1-2H3,(H,28,31). The topological polar surface area (TPSA) is 67.9 Å². The van der Waals surface area contributed by atoms with E-state index in [4.69, 9.17) is 21.1 Å². The summed E-state index contributed by atoms with van der Waals surface area (Å²) in [5.74, 6) is 0.596. The number of rotatable bonds is 10. The number of nitrogens with one attached hydrogen (secondary N) is 1. The van der Waals surface area contributed by atoms with Crippen molar-refractivity contribution in [2.24, 2.45) is 0 Å². The second kappa shape index (κ2) is 11.9. The van der Waals surface area contributed by atoms with Gasteiger partial charge in [-0.1, -0.05) is 66.2 Å². The molecule has 3 rings (SSSR count). The fraction of sp³-hybridized carbons (Fsp3) is 0.231. The third-order valence-electron chi connectivity index (χ3n) is 5.18. The number of amides is 2. The largest absolute Gasteiger partial charge is 0.497 e. The molecule has 0 aliphatic heterocycles. The number of nitrogens with zero attached hydrogens (tertiary/aromatic N) is 1. The molecule has 3 aromatic rings. The van der Waals surface area contributed by atoms with E-state index in [0.717, 1.165) is 16.9 Å². The second-order valence-corrected chi connectivity index (χ2v) is 7.88. The zero-order valence-corrected chi connectivity index (χ0v) is 19.4. The minimum absolute atomic E-state index is 0.229. The van der Waals surface area contributed by atoms with Gasteiger partial charge in [-0.05, 0) is 42.3 Å². The molecule has 6 nitrogen and oxygen atoms in total. The maximum atomic E-state index is 13.1. The molecule has 0 saturated carbocycles. The molecule has 0 saturated heterocycles. The van der Waals surface area contributed by atoms with Crippen molar-refractivity contribution in [3.8, 4) is 11.5 Å². The van der Waals surface area contributed by atoms with Crippen LogP contribution >= 0.6 is 11.6 Å². The second-order valence-electron chi connectivity index (χ2n) is 7.47. The molecule has 1 N–H and O–H groups in total. The van der Waals surface area contributed by atoms with Crippen molar-refractivity contribution < 1.29 is 19.1 Å². The van der Waals surface area contributed by atoms with Gasteiger partial charge in [-0.25, -0.2) is 0 Å². The average molecular weight is 467 g/mol. The predicted octanol–water partition coefficient (Wildman–Crippen LogP) is 4.46. The molecular formula is C26H27ClN2O4. The molecule has 0 radical (unpaired) electrons. The number of hydrogen-bond donors (Lipinski definition) is 1. The zero-order valence-electron chi connectivity index (χ0n) is 18.7. The quantitative estimate of drug-likeness (QED) is 0.479. The Morgan fingerprint density at radius 1 is 0.939 bits per heavy atom. The maximum absolute atomic E-state index is 13.1. The van der Waals surface area contributed by atoms with Crippen molar-refractivity contribution in [1.82, 2.24) is 10.2 Å². The summed E-state index contributed by atoms with van der Waals surface area (Å²) in [6.45, 7) is 2.10. The highest BCUT2D eigenvalue weighted by Gasteiger charge is 2.26. The normalized spacial score (nSPS) is 11.4. The summed E-state index contributed by atoms with van der Waals surface area (Å²) >= 11 is 6.13. The van der Waals surface area contributed by atoms with Crippen LogP contribution in [0.15, 0.2) is 78.9 Å². The molecule has 7 heteroatoms. The Balaban J connectivity index is 1.67. The van der Waals surface area contributed by atoms with Gasteiger partial charge in [0, 0.05) is 13.1 Å². The molecule has 0 aromatic heterocycles. The Hall–Kier alpha value is -3.51. The lowest BCUT2D eigenvalue weighted by atomic mass is 10.1. The summed E-state index contributed by atoms with van der Waals surface area (Å²) in [6.07, 6.45) is 0. The van der Waals surface area contributed by atoms with E-state index in [1.807, 2.05) is 54.6 Å². The average Bonchev–Trinajstić information content (AvgIpc) is 2.85. The third kappa shape index (κ3) is 6.99. The van der Waals surface area contributed by atoms with Crippen molar-refractivity contribution in [3.63, 3.8) is 0 Å². The lowest BCUT2D eigenvalue weighted by Crippen LogP contribution is -2.48. The molecule has 0 spiro atoms. The predicted molar refractivity (Wildman–Crippen MR) is 128 cm³/mol. The van der Waals surface area contributed by atoms with Crippen LogP contribution in [0.1, 0.15) is 18.1 Å². The first kappa shape index (κ1) is 24.1. The van der Waals surface area contributed by atoms with Crippen LogP contribution in [0.3, 0.4) is 0 Å². The zero-order chi connectivity index (χ0) is 23.6. The van der Waals surface area contributed by atoms with E-state index in [2.05, 4.69) is 5.32 Å². The number of methoxy groups -OCH3 is 1. The summed E-state index contributed by atoms with van der Waals surface area (Å²) in [5, 5.41) is 3.33. The highest BCUT2D eigenvalue weighted by atomic mass is 35.5. The van der Waals surface area contributed by atoms with Crippen LogP contribution in [0.4, 0.5) is 0 Å². The van der Waals surface area contributed by atoms with Crippen LogP contribution in [-0.4, -0.2) is 36.5 Å². The molecule has 3 aromatic carbocycles. The van der Waals surface area contributed by atoms with Crippen LogP contribution in [-0.2, 0) is 22.7 Å². The monoisotopic (exact) mass is 466 g/mol. The van der Waals surface area contributed by atoms with Gasteiger partial charge in [-0.3, -0.25) is 9.59 Å². The Morgan fingerprint density at radius 3 is 2.27 bits per heavy atom. The molecule has 0 aliphatic rings. The van der Waals surface area contributed by atoms with Crippen LogP contribution in [0.5, 0.6) is 11.5 Å². The van der Waals surface area contributed by atoms with Gasteiger partial charge in [-0.15, -0.1) is 0 Å². The van der Waals surface area contributed by atoms with Gasteiger partial charge in [0.05, 0.1) is 12.1 Å². The van der Waals surface area contributed by atoms with Gasteiger partial charge in [-0.2, -0.15) is 0 Å². The summed E-state index contributed by atoms with van der Waals surface area (Å²) in [6, 6.07) is 23.2. The molecule has 0 heterocycles. The third-order valence-corrected chi connectivity index (χ3v) is 5.49. The lowest BCUT2D eigenvalue weighted by molar-refractivity contribution is -0.142. The molecule has 0 bridgehead atoms. The Morgan fingerprint density at radius 2 is 1.61 bits per heavy atom. The smallest absolute Gasteiger partial charge is 0.261 e. The van der Waals surface area contributed by atoms with Gasteiger partial charge < -0.3 is 19.7 Å².